The molecule has 10 heavy (non-hydrogen) atoms. The third-order valence-corrected chi connectivity index (χ3v) is 2.54. The van der Waals surface area contributed by atoms with E-state index in [0.29, 0.717) is 0 Å². The molecule has 60 valence electrons. The highest BCUT2D eigenvalue weighted by Gasteiger charge is 2.11. The minimum absolute atomic E-state index is 0.885. The van der Waals surface area contributed by atoms with Crippen LogP contribution in [0, 0.1) is 5.92 Å². The molecule has 0 aromatic rings. The fourth-order valence-corrected chi connectivity index (χ4v) is 1.88. The van der Waals surface area contributed by atoms with E-state index in [0.717, 1.165) is 12.5 Å². The second-order valence-electron chi connectivity index (χ2n) is 3.43. The molecule has 0 saturated heterocycles. The van der Waals surface area contributed by atoms with Gasteiger partial charge in [-0.2, -0.15) is 0 Å². The maximum atomic E-state index is 5.45. The monoisotopic (exact) mass is 141 g/mol. The smallest absolute Gasteiger partial charge is 0.00772 e. The minimum Gasteiger partial charge on any atom is -0.330 e. The van der Waals surface area contributed by atoms with E-state index in [2.05, 4.69) is 0 Å². The zero-order valence-corrected chi connectivity index (χ0v) is 6.81. The van der Waals surface area contributed by atoms with Gasteiger partial charge in [0.15, 0.2) is 0 Å². The summed E-state index contributed by atoms with van der Waals surface area (Å²) in [5.41, 5.74) is 5.45. The fourth-order valence-electron chi connectivity index (χ4n) is 1.88. The lowest BCUT2D eigenvalue weighted by Gasteiger charge is -2.20. The first-order valence-electron chi connectivity index (χ1n) is 4.63. The average Bonchev–Trinajstić information content (AvgIpc) is 2.03. The molecule has 1 heteroatoms. The molecule has 0 aliphatic heterocycles. The van der Waals surface area contributed by atoms with E-state index in [-0.39, 0.29) is 0 Å². The number of rotatable bonds is 3. The first-order chi connectivity index (χ1) is 4.93. The third kappa shape index (κ3) is 2.70. The second-order valence-corrected chi connectivity index (χ2v) is 3.43. The quantitative estimate of drug-likeness (QED) is 0.641. The van der Waals surface area contributed by atoms with Crippen LogP contribution in [-0.4, -0.2) is 6.54 Å². The van der Waals surface area contributed by atoms with Crippen molar-refractivity contribution in [2.45, 2.75) is 44.9 Å². The Morgan fingerprint density at radius 3 is 2.40 bits per heavy atom. The Kier molecular flexibility index (Phi) is 3.81. The molecule has 1 fully saturated rings. The summed E-state index contributed by atoms with van der Waals surface area (Å²) in [6.07, 6.45) is 9.98. The van der Waals surface area contributed by atoms with Gasteiger partial charge in [0.05, 0.1) is 0 Å². The van der Waals surface area contributed by atoms with Crippen LogP contribution in [0.3, 0.4) is 0 Å². The Morgan fingerprint density at radius 1 is 1.10 bits per heavy atom. The molecule has 0 amide bonds. The molecule has 2 N–H and O–H groups in total. The van der Waals surface area contributed by atoms with Crippen molar-refractivity contribution in [1.82, 2.24) is 0 Å². The Labute approximate surface area is 64.0 Å². The van der Waals surface area contributed by atoms with Crippen LogP contribution in [0.4, 0.5) is 0 Å². The zero-order chi connectivity index (χ0) is 7.23. The summed E-state index contributed by atoms with van der Waals surface area (Å²) in [5.74, 6) is 1.03. The molecule has 1 nitrogen and oxygen atoms in total. The molecule has 1 rings (SSSR count). The van der Waals surface area contributed by atoms with Crippen LogP contribution in [0.15, 0.2) is 0 Å². The molecule has 0 aromatic heterocycles. The van der Waals surface area contributed by atoms with Gasteiger partial charge in [0.2, 0.25) is 0 Å². The molecule has 0 heterocycles. The third-order valence-electron chi connectivity index (χ3n) is 2.54. The van der Waals surface area contributed by atoms with Crippen molar-refractivity contribution >= 4 is 0 Å². The zero-order valence-electron chi connectivity index (χ0n) is 6.81. The van der Waals surface area contributed by atoms with Gasteiger partial charge in [-0.05, 0) is 25.3 Å². The molecular formula is C9H19N. The van der Waals surface area contributed by atoms with E-state index >= 15 is 0 Å². The molecule has 0 aromatic carbocycles. The molecule has 0 unspecified atom stereocenters. The number of hydrogen-bond donors (Lipinski definition) is 1. The first kappa shape index (κ1) is 8.06. The van der Waals surface area contributed by atoms with Crippen LogP contribution >= 0.6 is 0 Å². The van der Waals surface area contributed by atoms with Crippen LogP contribution in [0.2, 0.25) is 0 Å². The van der Waals surface area contributed by atoms with Crippen molar-refractivity contribution in [3.8, 4) is 0 Å². The number of hydrogen-bond acceptors (Lipinski definition) is 1. The second kappa shape index (κ2) is 4.73. The van der Waals surface area contributed by atoms with Gasteiger partial charge in [-0.1, -0.05) is 32.1 Å². The van der Waals surface area contributed by atoms with Gasteiger partial charge in [0.1, 0.15) is 0 Å². The molecule has 0 bridgehead atoms. The van der Waals surface area contributed by atoms with Crippen molar-refractivity contribution in [3.05, 3.63) is 0 Å². The Balaban J connectivity index is 2.02. The summed E-state index contributed by atoms with van der Waals surface area (Å²) in [4.78, 5) is 0. The SMILES string of the molecule is NCCCC1CCCCC1. The Bertz CT molecular complexity index is 74.8. The maximum Gasteiger partial charge on any atom is -0.00772 e. The van der Waals surface area contributed by atoms with Gasteiger partial charge in [-0.15, -0.1) is 0 Å². The molecule has 0 radical (unpaired) electrons. The van der Waals surface area contributed by atoms with E-state index in [4.69, 9.17) is 5.73 Å². The van der Waals surface area contributed by atoms with E-state index < -0.39 is 0 Å². The van der Waals surface area contributed by atoms with Crippen LogP contribution in [0.25, 0.3) is 0 Å². The average molecular weight is 141 g/mol. The van der Waals surface area contributed by atoms with Crippen LogP contribution in [-0.2, 0) is 0 Å². The van der Waals surface area contributed by atoms with E-state index in [1.165, 1.54) is 44.9 Å². The van der Waals surface area contributed by atoms with Gasteiger partial charge in [0.25, 0.3) is 0 Å². The van der Waals surface area contributed by atoms with Crippen molar-refractivity contribution in [2.24, 2.45) is 11.7 Å². The van der Waals surface area contributed by atoms with Gasteiger partial charge >= 0.3 is 0 Å². The lowest BCUT2D eigenvalue weighted by atomic mass is 9.86. The lowest BCUT2D eigenvalue weighted by molar-refractivity contribution is 0.334. The van der Waals surface area contributed by atoms with E-state index in [1.54, 1.807) is 0 Å². The van der Waals surface area contributed by atoms with E-state index in [1.807, 2.05) is 0 Å². The van der Waals surface area contributed by atoms with Crippen molar-refractivity contribution in [1.29, 1.82) is 0 Å². The summed E-state index contributed by atoms with van der Waals surface area (Å²) in [6.45, 7) is 0.885. The van der Waals surface area contributed by atoms with Gasteiger partial charge in [-0.25, -0.2) is 0 Å². The summed E-state index contributed by atoms with van der Waals surface area (Å²) in [6, 6.07) is 0. The van der Waals surface area contributed by atoms with Crippen LogP contribution in [0.5, 0.6) is 0 Å². The highest BCUT2D eigenvalue weighted by atomic mass is 14.5. The molecule has 1 aliphatic carbocycles. The predicted octanol–water partition coefficient (Wildman–Crippen LogP) is 2.31. The minimum atomic E-state index is 0.885. The standard InChI is InChI=1S/C9H19N/c10-8-4-7-9-5-2-1-3-6-9/h9H,1-8,10H2. The molecular weight excluding hydrogens is 122 g/mol. The Hall–Kier alpha value is -0.0400. The summed E-state index contributed by atoms with van der Waals surface area (Å²) < 4.78 is 0. The molecule has 0 atom stereocenters. The number of nitrogens with two attached hydrogens (primary N) is 1. The van der Waals surface area contributed by atoms with Gasteiger partial charge < -0.3 is 5.73 Å². The van der Waals surface area contributed by atoms with Crippen LogP contribution < -0.4 is 5.73 Å². The highest BCUT2D eigenvalue weighted by molar-refractivity contribution is 4.65. The van der Waals surface area contributed by atoms with Gasteiger partial charge in [-0.3, -0.25) is 0 Å². The van der Waals surface area contributed by atoms with Gasteiger partial charge in [0, 0.05) is 0 Å². The lowest BCUT2D eigenvalue weighted by Crippen LogP contribution is -2.08. The normalized spacial score (nSPS) is 21.3. The van der Waals surface area contributed by atoms with Crippen molar-refractivity contribution in [3.63, 3.8) is 0 Å². The molecule has 1 saturated carbocycles. The van der Waals surface area contributed by atoms with E-state index in [9.17, 15) is 0 Å². The maximum absolute atomic E-state index is 5.45. The summed E-state index contributed by atoms with van der Waals surface area (Å²) >= 11 is 0. The molecule has 1 aliphatic rings. The Morgan fingerprint density at radius 2 is 1.80 bits per heavy atom. The molecule has 0 spiro atoms. The fraction of sp³-hybridized carbons (Fsp3) is 1.00. The summed E-state index contributed by atoms with van der Waals surface area (Å²) in [7, 11) is 0. The highest BCUT2D eigenvalue weighted by Crippen LogP contribution is 2.26. The first-order valence-corrected chi connectivity index (χ1v) is 4.63. The summed E-state index contributed by atoms with van der Waals surface area (Å²) in [5, 5.41) is 0. The van der Waals surface area contributed by atoms with Crippen LogP contribution in [0.1, 0.15) is 44.9 Å². The van der Waals surface area contributed by atoms with Crippen molar-refractivity contribution in [2.75, 3.05) is 6.54 Å². The topological polar surface area (TPSA) is 26.0 Å². The largest absolute Gasteiger partial charge is 0.330 e. The van der Waals surface area contributed by atoms with Crippen molar-refractivity contribution < 1.29 is 0 Å². The predicted molar refractivity (Wildman–Crippen MR) is 44.9 cm³/mol.